The molecule has 0 aliphatic rings. The van der Waals surface area contributed by atoms with E-state index in [-0.39, 0.29) is 0 Å². The molecule has 1 heterocycles. The summed E-state index contributed by atoms with van der Waals surface area (Å²) >= 11 is 0. The molecule has 94 valence electrons. The number of nitrogens with zero attached hydrogens (tertiary/aromatic N) is 1. The van der Waals surface area contributed by atoms with Gasteiger partial charge in [-0.05, 0) is 28.3 Å². The topological polar surface area (TPSA) is 3.88 Å². The summed E-state index contributed by atoms with van der Waals surface area (Å²) in [6.45, 7) is 0. The Morgan fingerprint density at radius 3 is 2.00 bits per heavy atom. The highest BCUT2D eigenvalue weighted by atomic mass is 14.9. The molecule has 0 spiro atoms. The molecule has 0 aliphatic heterocycles. The molecule has 0 saturated heterocycles. The Morgan fingerprint density at radius 1 is 0.550 bits per heavy atom. The fourth-order valence-electron chi connectivity index (χ4n) is 2.63. The van der Waals surface area contributed by atoms with Gasteiger partial charge in [0.15, 0.2) is 12.4 Å². The second-order valence-corrected chi connectivity index (χ2v) is 5.01. The van der Waals surface area contributed by atoms with Gasteiger partial charge in [0.05, 0.1) is 0 Å². The predicted molar refractivity (Wildman–Crippen MR) is 83.0 cm³/mol. The van der Waals surface area contributed by atoms with Crippen molar-refractivity contribution in [1.29, 1.82) is 0 Å². The molecule has 3 aromatic carbocycles. The lowest BCUT2D eigenvalue weighted by atomic mass is 10.1. The Bertz CT molecular complexity index is 832. The van der Waals surface area contributed by atoms with Crippen LogP contribution in [0, 0.1) is 0 Å². The summed E-state index contributed by atoms with van der Waals surface area (Å²) < 4.78 is 2.18. The first-order valence-electron chi connectivity index (χ1n) is 6.79. The molecule has 0 unspecified atom stereocenters. The van der Waals surface area contributed by atoms with E-state index in [1.54, 1.807) is 0 Å². The van der Waals surface area contributed by atoms with Gasteiger partial charge in [0.25, 0.3) is 0 Å². The molecule has 0 bridgehead atoms. The van der Waals surface area contributed by atoms with Crippen molar-refractivity contribution in [3.8, 4) is 5.69 Å². The van der Waals surface area contributed by atoms with Crippen LogP contribution in [0.5, 0.6) is 0 Å². The van der Waals surface area contributed by atoms with Crippen LogP contribution in [-0.4, -0.2) is 0 Å². The largest absolute Gasteiger partial charge is 0.211 e. The first kappa shape index (κ1) is 11.2. The Balaban J connectivity index is 1.91. The van der Waals surface area contributed by atoms with Crippen molar-refractivity contribution < 1.29 is 4.57 Å². The van der Waals surface area contributed by atoms with Crippen LogP contribution in [0.15, 0.2) is 85.2 Å². The first-order chi connectivity index (χ1) is 9.90. The molecule has 0 aliphatic carbocycles. The van der Waals surface area contributed by atoms with Crippen molar-refractivity contribution in [2.45, 2.75) is 0 Å². The highest BCUT2D eigenvalue weighted by Gasteiger charge is 2.07. The lowest BCUT2D eigenvalue weighted by molar-refractivity contribution is -0.594. The number of rotatable bonds is 1. The minimum atomic E-state index is 1.19. The molecule has 0 fully saturated rings. The lowest BCUT2D eigenvalue weighted by Crippen LogP contribution is -2.29. The average Bonchev–Trinajstić information content (AvgIpc) is 2.54. The molecule has 1 nitrogen and oxygen atoms in total. The van der Waals surface area contributed by atoms with Gasteiger partial charge in [-0.2, -0.15) is 4.57 Å². The first-order valence-corrected chi connectivity index (χ1v) is 6.79. The van der Waals surface area contributed by atoms with E-state index in [0.29, 0.717) is 0 Å². The van der Waals surface area contributed by atoms with Crippen molar-refractivity contribution in [3.05, 3.63) is 85.2 Å². The number of pyridine rings is 1. The molecular weight excluding hydrogens is 242 g/mol. The van der Waals surface area contributed by atoms with E-state index in [0.717, 1.165) is 0 Å². The molecule has 4 rings (SSSR count). The molecular formula is C19H14N+. The minimum absolute atomic E-state index is 1.19. The summed E-state index contributed by atoms with van der Waals surface area (Å²) in [7, 11) is 0. The highest BCUT2D eigenvalue weighted by Crippen LogP contribution is 2.16. The summed E-state index contributed by atoms with van der Waals surface area (Å²) in [6, 6.07) is 25.6. The second kappa shape index (κ2) is 4.46. The minimum Gasteiger partial charge on any atom is -0.167 e. The SMILES string of the molecule is c1ccc2cc(-[n+]3ccc4ccccc4c3)ccc2c1. The average molecular weight is 256 g/mol. The van der Waals surface area contributed by atoms with Crippen molar-refractivity contribution in [2.24, 2.45) is 0 Å². The molecule has 20 heavy (non-hydrogen) atoms. The molecule has 1 aromatic heterocycles. The van der Waals surface area contributed by atoms with Gasteiger partial charge < -0.3 is 0 Å². The predicted octanol–water partition coefficient (Wildman–Crippen LogP) is 4.27. The van der Waals surface area contributed by atoms with Crippen molar-refractivity contribution in [1.82, 2.24) is 0 Å². The second-order valence-electron chi connectivity index (χ2n) is 5.01. The normalized spacial score (nSPS) is 11.0. The van der Waals surface area contributed by atoms with Crippen LogP contribution >= 0.6 is 0 Å². The Labute approximate surface area is 117 Å². The van der Waals surface area contributed by atoms with Crippen LogP contribution in [0.1, 0.15) is 0 Å². The number of benzene rings is 3. The van der Waals surface area contributed by atoms with Crippen molar-refractivity contribution >= 4 is 21.5 Å². The van der Waals surface area contributed by atoms with Crippen LogP contribution in [0.25, 0.3) is 27.2 Å². The summed E-state index contributed by atoms with van der Waals surface area (Å²) in [5, 5.41) is 5.07. The zero-order chi connectivity index (χ0) is 13.4. The van der Waals surface area contributed by atoms with E-state index in [1.165, 1.54) is 27.2 Å². The van der Waals surface area contributed by atoms with Gasteiger partial charge in [-0.3, -0.25) is 0 Å². The van der Waals surface area contributed by atoms with Gasteiger partial charge in [0, 0.05) is 23.6 Å². The van der Waals surface area contributed by atoms with E-state index in [9.17, 15) is 0 Å². The quantitative estimate of drug-likeness (QED) is 0.448. The van der Waals surface area contributed by atoms with Crippen LogP contribution in [-0.2, 0) is 0 Å². The van der Waals surface area contributed by atoms with Crippen LogP contribution in [0.4, 0.5) is 0 Å². The van der Waals surface area contributed by atoms with Gasteiger partial charge in [0.1, 0.15) is 0 Å². The van der Waals surface area contributed by atoms with E-state index in [1.807, 2.05) is 0 Å². The molecule has 0 atom stereocenters. The van der Waals surface area contributed by atoms with E-state index >= 15 is 0 Å². The molecule has 4 aromatic rings. The van der Waals surface area contributed by atoms with Crippen molar-refractivity contribution in [2.75, 3.05) is 0 Å². The number of hydrogen-bond acceptors (Lipinski definition) is 0. The number of hydrogen-bond donors (Lipinski definition) is 0. The van der Waals surface area contributed by atoms with E-state index in [4.69, 9.17) is 0 Å². The summed E-state index contributed by atoms with van der Waals surface area (Å²) in [6.07, 6.45) is 4.30. The zero-order valence-electron chi connectivity index (χ0n) is 11.0. The molecule has 0 saturated carbocycles. The van der Waals surface area contributed by atoms with Crippen LogP contribution in [0.3, 0.4) is 0 Å². The van der Waals surface area contributed by atoms with Gasteiger partial charge in [-0.1, -0.05) is 42.5 Å². The molecule has 0 amide bonds. The van der Waals surface area contributed by atoms with E-state index < -0.39 is 0 Å². The standard InChI is InChI=1S/C19H14N/c1-3-7-17-13-19(10-9-15(17)5-1)20-12-11-16-6-2-4-8-18(16)14-20/h1-14H/q+1. The van der Waals surface area contributed by atoms with Gasteiger partial charge in [-0.15, -0.1) is 0 Å². The maximum absolute atomic E-state index is 2.23. The highest BCUT2D eigenvalue weighted by molar-refractivity contribution is 5.84. The maximum atomic E-state index is 2.23. The van der Waals surface area contributed by atoms with Gasteiger partial charge >= 0.3 is 0 Å². The van der Waals surface area contributed by atoms with Gasteiger partial charge in [-0.25, -0.2) is 0 Å². The Hall–Kier alpha value is -2.67. The van der Waals surface area contributed by atoms with Crippen molar-refractivity contribution in [3.63, 3.8) is 0 Å². The molecule has 0 radical (unpaired) electrons. The monoisotopic (exact) mass is 256 g/mol. The fourth-order valence-corrected chi connectivity index (χ4v) is 2.63. The summed E-state index contributed by atoms with van der Waals surface area (Å²) in [5.41, 5.74) is 1.19. The third-order valence-electron chi connectivity index (χ3n) is 3.72. The lowest BCUT2D eigenvalue weighted by Gasteiger charge is -2.01. The van der Waals surface area contributed by atoms with E-state index in [2.05, 4.69) is 89.8 Å². The Kier molecular flexibility index (Phi) is 2.49. The zero-order valence-corrected chi connectivity index (χ0v) is 11.0. The summed E-state index contributed by atoms with van der Waals surface area (Å²) in [4.78, 5) is 0. The van der Waals surface area contributed by atoms with Crippen LogP contribution in [0.2, 0.25) is 0 Å². The maximum Gasteiger partial charge on any atom is 0.211 e. The third kappa shape index (κ3) is 1.84. The number of fused-ring (bicyclic) bond motifs is 2. The fraction of sp³-hybridized carbons (Fsp3) is 0. The molecule has 1 heteroatoms. The van der Waals surface area contributed by atoms with Gasteiger partial charge in [0.2, 0.25) is 5.69 Å². The Morgan fingerprint density at radius 2 is 1.20 bits per heavy atom. The van der Waals surface area contributed by atoms with Crippen LogP contribution < -0.4 is 4.57 Å². The third-order valence-corrected chi connectivity index (χ3v) is 3.72. The smallest absolute Gasteiger partial charge is 0.167 e. The number of aromatic nitrogens is 1. The summed E-state index contributed by atoms with van der Waals surface area (Å²) in [5.74, 6) is 0. The molecule has 0 N–H and O–H groups in total.